The van der Waals surface area contributed by atoms with Gasteiger partial charge >= 0.3 is 4.55 Å². The molecule has 0 aromatic rings. The minimum absolute atomic E-state index is 0.132. The van der Waals surface area contributed by atoms with Gasteiger partial charge in [0.15, 0.2) is 0 Å². The fourth-order valence-corrected chi connectivity index (χ4v) is 11.0. The highest BCUT2D eigenvalue weighted by molar-refractivity contribution is 8.86. The lowest BCUT2D eigenvalue weighted by atomic mass is 10.2. The van der Waals surface area contributed by atoms with Crippen molar-refractivity contribution in [2.24, 2.45) is 0 Å². The van der Waals surface area contributed by atoms with Gasteiger partial charge in [-0.2, -0.15) is 0 Å². The smallest absolute Gasteiger partial charge is 0.358 e. The Labute approximate surface area is 298 Å². The largest absolute Gasteiger partial charge is 0.362 e. The monoisotopic (exact) mass is 707 g/mol. The van der Waals surface area contributed by atoms with Crippen molar-refractivity contribution in [1.29, 1.82) is 0 Å². The van der Waals surface area contributed by atoms with Crippen molar-refractivity contribution in [3.63, 3.8) is 0 Å². The first-order chi connectivity index (χ1) is 20.9. The number of hydrogen-bond donors (Lipinski definition) is 0. The van der Waals surface area contributed by atoms with E-state index in [1.54, 1.807) is 0 Å². The summed E-state index contributed by atoms with van der Waals surface area (Å²) in [5.41, 5.74) is 0. The van der Waals surface area contributed by atoms with Gasteiger partial charge in [0.2, 0.25) is 0 Å². The molecule has 0 fully saturated rings. The molecule has 0 aliphatic rings. The second-order valence-corrected chi connectivity index (χ2v) is 17.8. The Bertz CT molecular complexity index is 579. The molecule has 0 spiro atoms. The van der Waals surface area contributed by atoms with E-state index in [0.717, 1.165) is 52.2 Å². The second-order valence-electron chi connectivity index (χ2n) is 11.6. The zero-order valence-electron chi connectivity index (χ0n) is 28.8. The van der Waals surface area contributed by atoms with Gasteiger partial charge in [-0.25, -0.2) is 0 Å². The fourth-order valence-electron chi connectivity index (χ4n) is 4.74. The quantitative estimate of drug-likeness (QED) is 0.0465. The molecule has 0 saturated carbocycles. The lowest BCUT2D eigenvalue weighted by Gasteiger charge is -2.30. The molecule has 0 aliphatic heterocycles. The van der Waals surface area contributed by atoms with E-state index in [1.807, 2.05) is 34.8 Å². The topological polar surface area (TPSA) is 9.72 Å². The SMILES string of the molecule is CCCCCN(CCCCC)C(=S)SB(SC(=S)N(CCCCC)CCCCC)SC(=S)N(CCCCC)CCCCC. The zero-order valence-corrected chi connectivity index (χ0v) is 33.7. The van der Waals surface area contributed by atoms with Gasteiger partial charge < -0.3 is 14.7 Å². The summed E-state index contributed by atoms with van der Waals surface area (Å²) in [6, 6.07) is 0. The molecule has 0 atom stereocenters. The average Bonchev–Trinajstić information content (AvgIpc) is 2.99. The van der Waals surface area contributed by atoms with Crippen LogP contribution in [0.1, 0.15) is 157 Å². The number of nitrogens with zero attached hydrogens (tertiary/aromatic N) is 3. The van der Waals surface area contributed by atoms with E-state index in [-0.39, 0.29) is 4.55 Å². The van der Waals surface area contributed by atoms with Crippen molar-refractivity contribution in [3.05, 3.63) is 0 Å². The highest BCUT2D eigenvalue weighted by Crippen LogP contribution is 2.35. The van der Waals surface area contributed by atoms with Crippen LogP contribution < -0.4 is 0 Å². The molecular formula is C33H66BN3S6. The Kier molecular flexibility index (Phi) is 32.0. The van der Waals surface area contributed by atoms with Gasteiger partial charge in [-0.1, -0.05) is 155 Å². The Hall–Kier alpha value is 0.785. The van der Waals surface area contributed by atoms with Crippen LogP contribution in [0.15, 0.2) is 0 Å². The predicted octanol–water partition coefficient (Wildman–Crippen LogP) is 12.1. The highest BCUT2D eigenvalue weighted by atomic mass is 32.3. The van der Waals surface area contributed by atoms with Gasteiger partial charge in [0, 0.05) is 39.3 Å². The van der Waals surface area contributed by atoms with E-state index in [9.17, 15) is 0 Å². The van der Waals surface area contributed by atoms with Crippen LogP contribution in [0.5, 0.6) is 0 Å². The summed E-state index contributed by atoms with van der Waals surface area (Å²) >= 11 is 24.0. The van der Waals surface area contributed by atoms with Crippen molar-refractivity contribution >= 4 is 89.0 Å². The molecule has 0 aromatic carbocycles. The summed E-state index contributed by atoms with van der Waals surface area (Å²) in [5, 5.41) is 0. The minimum Gasteiger partial charge on any atom is -0.358 e. The van der Waals surface area contributed by atoms with Crippen LogP contribution in [0, 0.1) is 0 Å². The number of thiocarbonyl (C=S) groups is 3. The molecule has 0 bridgehead atoms. The highest BCUT2D eigenvalue weighted by Gasteiger charge is 2.29. The standard InChI is InChI=1S/C33H66BN3S6/c1-7-13-19-25-35(26-20-14-8-2)31(38)41-34(42-32(39)36(27-21-15-9-3)28-22-16-10-4)43-33(40)37(29-23-17-11-5)30-24-18-12-6/h7-30H2,1-6H3. The molecular weight excluding hydrogens is 642 g/mol. The van der Waals surface area contributed by atoms with Crippen molar-refractivity contribution in [2.45, 2.75) is 157 Å². The summed E-state index contributed by atoms with van der Waals surface area (Å²) in [6.45, 7) is 20.0. The van der Waals surface area contributed by atoms with E-state index in [0.29, 0.717) is 0 Å². The normalized spacial score (nSPS) is 11.0. The number of unbranched alkanes of at least 4 members (excludes halogenated alkanes) is 12. The van der Waals surface area contributed by atoms with Gasteiger partial charge in [-0.3, -0.25) is 0 Å². The molecule has 0 aliphatic carbocycles. The maximum absolute atomic E-state index is 6.18. The van der Waals surface area contributed by atoms with E-state index in [4.69, 9.17) is 36.7 Å². The van der Waals surface area contributed by atoms with Crippen LogP contribution >= 0.6 is 71.5 Å². The van der Waals surface area contributed by atoms with E-state index in [1.165, 1.54) is 116 Å². The van der Waals surface area contributed by atoms with E-state index in [2.05, 4.69) is 56.2 Å². The van der Waals surface area contributed by atoms with Gasteiger partial charge in [0.05, 0.1) is 0 Å². The van der Waals surface area contributed by atoms with E-state index < -0.39 is 0 Å². The third-order valence-corrected chi connectivity index (χ3v) is 12.9. The minimum atomic E-state index is 0.132. The van der Waals surface area contributed by atoms with Gasteiger partial charge in [0.1, 0.15) is 13.0 Å². The fraction of sp³-hybridized carbons (Fsp3) is 0.909. The summed E-state index contributed by atoms with van der Waals surface area (Å²) < 4.78 is 3.20. The van der Waals surface area contributed by atoms with Crippen molar-refractivity contribution in [3.8, 4) is 0 Å². The molecule has 0 heterocycles. The van der Waals surface area contributed by atoms with E-state index >= 15 is 0 Å². The van der Waals surface area contributed by atoms with Crippen LogP contribution in [0.25, 0.3) is 0 Å². The number of hydrogen-bond acceptors (Lipinski definition) is 6. The first kappa shape index (κ1) is 43.8. The zero-order chi connectivity index (χ0) is 32.1. The average molecular weight is 708 g/mol. The van der Waals surface area contributed by atoms with Crippen molar-refractivity contribution < 1.29 is 0 Å². The van der Waals surface area contributed by atoms with Crippen LogP contribution in [0.4, 0.5) is 0 Å². The lowest BCUT2D eigenvalue weighted by Crippen LogP contribution is -2.35. The lowest BCUT2D eigenvalue weighted by molar-refractivity contribution is 0.402. The third kappa shape index (κ3) is 23.7. The second kappa shape index (κ2) is 31.4. The molecule has 0 unspecified atom stereocenters. The molecule has 0 radical (unpaired) electrons. The Morgan fingerprint density at radius 2 is 0.558 bits per heavy atom. The first-order valence-corrected chi connectivity index (χ1v) is 21.6. The molecule has 0 N–H and O–H groups in total. The van der Waals surface area contributed by atoms with Crippen LogP contribution in [0.2, 0.25) is 0 Å². The Balaban J connectivity index is 5.88. The van der Waals surface area contributed by atoms with Crippen LogP contribution in [-0.2, 0) is 0 Å². The molecule has 10 heteroatoms. The third-order valence-electron chi connectivity index (χ3n) is 7.56. The summed E-state index contributed by atoms with van der Waals surface area (Å²) in [4.78, 5) is 7.43. The first-order valence-electron chi connectivity index (χ1n) is 17.7. The molecule has 0 aromatic heterocycles. The molecule has 3 nitrogen and oxygen atoms in total. The number of rotatable bonds is 27. The Morgan fingerprint density at radius 1 is 0.372 bits per heavy atom. The molecule has 0 rings (SSSR count). The molecule has 43 heavy (non-hydrogen) atoms. The van der Waals surface area contributed by atoms with Crippen LogP contribution in [0.3, 0.4) is 0 Å². The molecule has 0 saturated heterocycles. The van der Waals surface area contributed by atoms with Crippen molar-refractivity contribution in [2.75, 3.05) is 39.3 Å². The predicted molar refractivity (Wildman–Crippen MR) is 218 cm³/mol. The summed E-state index contributed by atoms with van der Waals surface area (Å²) in [7, 11) is 0. The van der Waals surface area contributed by atoms with Gasteiger partial charge in [-0.15, -0.1) is 34.8 Å². The maximum Gasteiger partial charge on any atom is 0.362 e. The van der Waals surface area contributed by atoms with Gasteiger partial charge in [0.25, 0.3) is 0 Å². The molecule has 0 amide bonds. The Morgan fingerprint density at radius 3 is 0.721 bits per heavy atom. The van der Waals surface area contributed by atoms with Gasteiger partial charge in [-0.05, 0) is 38.5 Å². The molecule has 252 valence electrons. The van der Waals surface area contributed by atoms with Crippen molar-refractivity contribution in [1.82, 2.24) is 14.7 Å². The summed E-state index contributed by atoms with van der Waals surface area (Å²) in [6.07, 6.45) is 22.2. The van der Waals surface area contributed by atoms with Crippen LogP contribution in [-0.4, -0.2) is 71.5 Å². The summed E-state index contributed by atoms with van der Waals surface area (Å²) in [5.74, 6) is 0. The maximum atomic E-state index is 6.18.